The van der Waals surface area contributed by atoms with Gasteiger partial charge >= 0.3 is 0 Å². The molecule has 1 aromatic rings. The Morgan fingerprint density at radius 1 is 1.60 bits per heavy atom. The Labute approximate surface area is 90.3 Å². The normalized spacial score (nSPS) is 23.6. The zero-order chi connectivity index (χ0) is 10.8. The van der Waals surface area contributed by atoms with Crippen LogP contribution in [0.2, 0.25) is 0 Å². The summed E-state index contributed by atoms with van der Waals surface area (Å²) in [5, 5.41) is 13.5. The molecule has 0 spiro atoms. The molecule has 2 unspecified atom stereocenters. The number of aliphatic hydroxyl groups is 1. The van der Waals surface area contributed by atoms with Crippen molar-refractivity contribution >= 4 is 0 Å². The molecule has 2 N–H and O–H groups in total. The van der Waals surface area contributed by atoms with Gasteiger partial charge in [0.25, 0.3) is 0 Å². The van der Waals surface area contributed by atoms with E-state index in [1.807, 2.05) is 4.57 Å². The summed E-state index contributed by atoms with van der Waals surface area (Å²) in [5.41, 5.74) is 0.943. The average Bonchev–Trinajstić information content (AvgIpc) is 2.88. The topological polar surface area (TPSA) is 50.1 Å². The van der Waals surface area contributed by atoms with Gasteiger partial charge in [-0.25, -0.2) is 4.98 Å². The Balaban J connectivity index is 2.16. The number of imidazole rings is 1. The lowest BCUT2D eigenvalue weighted by Crippen LogP contribution is -2.19. The molecule has 0 radical (unpaired) electrons. The Kier molecular flexibility index (Phi) is 3.07. The van der Waals surface area contributed by atoms with Crippen molar-refractivity contribution in [3.63, 3.8) is 0 Å². The van der Waals surface area contributed by atoms with Crippen LogP contribution in [0.3, 0.4) is 0 Å². The molecule has 2 heterocycles. The number of rotatable bonds is 3. The van der Waals surface area contributed by atoms with Crippen molar-refractivity contribution in [1.29, 1.82) is 0 Å². The van der Waals surface area contributed by atoms with Crippen molar-refractivity contribution in [3.05, 3.63) is 18.2 Å². The molecule has 15 heavy (non-hydrogen) atoms. The molecular formula is C11H19N3O. The van der Waals surface area contributed by atoms with Crippen LogP contribution in [0, 0.1) is 5.92 Å². The number of hydrogen-bond donors (Lipinski definition) is 2. The molecule has 4 nitrogen and oxygen atoms in total. The van der Waals surface area contributed by atoms with Crippen molar-refractivity contribution in [2.24, 2.45) is 5.92 Å². The van der Waals surface area contributed by atoms with Gasteiger partial charge in [-0.3, -0.25) is 0 Å². The first-order valence-corrected chi connectivity index (χ1v) is 5.60. The SMILES string of the molecule is CC(C)n1cncc1C(O)C1CCNC1. The van der Waals surface area contributed by atoms with Gasteiger partial charge in [0.1, 0.15) is 0 Å². The summed E-state index contributed by atoms with van der Waals surface area (Å²) in [5.74, 6) is 0.333. The number of hydrogen-bond acceptors (Lipinski definition) is 3. The maximum atomic E-state index is 10.2. The predicted octanol–water partition coefficient (Wildman–Crippen LogP) is 1.11. The van der Waals surface area contributed by atoms with E-state index in [4.69, 9.17) is 0 Å². The van der Waals surface area contributed by atoms with Gasteiger partial charge in [-0.15, -0.1) is 0 Å². The van der Waals surface area contributed by atoms with Crippen LogP contribution in [-0.4, -0.2) is 27.7 Å². The minimum Gasteiger partial charge on any atom is -0.386 e. The van der Waals surface area contributed by atoms with Gasteiger partial charge in [-0.05, 0) is 26.8 Å². The molecule has 84 valence electrons. The fourth-order valence-corrected chi connectivity index (χ4v) is 2.16. The summed E-state index contributed by atoms with van der Waals surface area (Å²) >= 11 is 0. The van der Waals surface area contributed by atoms with Gasteiger partial charge in [0.05, 0.1) is 24.3 Å². The van der Waals surface area contributed by atoms with E-state index in [0.29, 0.717) is 12.0 Å². The Morgan fingerprint density at radius 2 is 2.40 bits per heavy atom. The quantitative estimate of drug-likeness (QED) is 0.784. The van der Waals surface area contributed by atoms with Crippen molar-refractivity contribution in [2.45, 2.75) is 32.4 Å². The van der Waals surface area contributed by atoms with Crippen LogP contribution in [0.25, 0.3) is 0 Å². The van der Waals surface area contributed by atoms with Crippen LogP contribution in [0.15, 0.2) is 12.5 Å². The van der Waals surface area contributed by atoms with Crippen LogP contribution >= 0.6 is 0 Å². The second kappa shape index (κ2) is 4.33. The molecule has 1 aromatic heterocycles. The van der Waals surface area contributed by atoms with Crippen LogP contribution in [0.4, 0.5) is 0 Å². The predicted molar refractivity (Wildman–Crippen MR) is 58.5 cm³/mol. The van der Waals surface area contributed by atoms with Gasteiger partial charge in [0, 0.05) is 18.5 Å². The number of nitrogens with zero attached hydrogens (tertiary/aromatic N) is 2. The highest BCUT2D eigenvalue weighted by molar-refractivity contribution is 5.06. The number of aromatic nitrogens is 2. The molecule has 4 heteroatoms. The molecule has 2 atom stereocenters. The second-order valence-electron chi connectivity index (χ2n) is 4.52. The van der Waals surface area contributed by atoms with E-state index in [2.05, 4.69) is 24.1 Å². The largest absolute Gasteiger partial charge is 0.386 e. The van der Waals surface area contributed by atoms with Gasteiger partial charge in [-0.2, -0.15) is 0 Å². The van der Waals surface area contributed by atoms with Crippen LogP contribution in [0.1, 0.15) is 38.1 Å². The Morgan fingerprint density at radius 3 is 3.00 bits per heavy atom. The molecule has 1 aliphatic rings. The zero-order valence-corrected chi connectivity index (χ0v) is 9.35. The molecule has 1 fully saturated rings. The Bertz CT molecular complexity index is 315. The van der Waals surface area contributed by atoms with E-state index in [9.17, 15) is 5.11 Å². The molecule has 2 rings (SSSR count). The van der Waals surface area contributed by atoms with Crippen molar-refractivity contribution in [1.82, 2.24) is 14.9 Å². The van der Waals surface area contributed by atoms with Crippen LogP contribution in [-0.2, 0) is 0 Å². The summed E-state index contributed by atoms with van der Waals surface area (Å²) in [6.07, 6.45) is 4.24. The maximum Gasteiger partial charge on any atom is 0.0996 e. The van der Waals surface area contributed by atoms with E-state index in [0.717, 1.165) is 25.2 Å². The van der Waals surface area contributed by atoms with Crippen molar-refractivity contribution in [2.75, 3.05) is 13.1 Å². The van der Waals surface area contributed by atoms with Crippen molar-refractivity contribution < 1.29 is 5.11 Å². The Hall–Kier alpha value is -0.870. The van der Waals surface area contributed by atoms with E-state index >= 15 is 0 Å². The van der Waals surface area contributed by atoms with Gasteiger partial charge < -0.3 is 15.0 Å². The fraction of sp³-hybridized carbons (Fsp3) is 0.727. The van der Waals surface area contributed by atoms with E-state index < -0.39 is 0 Å². The van der Waals surface area contributed by atoms with Gasteiger partial charge in [0.15, 0.2) is 0 Å². The third kappa shape index (κ3) is 2.06. The minimum atomic E-state index is -0.384. The highest BCUT2D eigenvalue weighted by Crippen LogP contribution is 2.27. The summed E-state index contributed by atoms with van der Waals surface area (Å²) in [6.45, 7) is 6.12. The average molecular weight is 209 g/mol. The number of aliphatic hydroxyl groups excluding tert-OH is 1. The summed E-state index contributed by atoms with van der Waals surface area (Å²) in [6, 6.07) is 0.353. The van der Waals surface area contributed by atoms with E-state index in [1.165, 1.54) is 0 Å². The highest BCUT2D eigenvalue weighted by Gasteiger charge is 2.26. The van der Waals surface area contributed by atoms with Gasteiger partial charge in [-0.1, -0.05) is 0 Å². The molecule has 0 bridgehead atoms. The smallest absolute Gasteiger partial charge is 0.0996 e. The highest BCUT2D eigenvalue weighted by atomic mass is 16.3. The standard InChI is InChI=1S/C11H19N3O/c1-8(2)14-7-13-6-10(14)11(15)9-3-4-12-5-9/h6-9,11-12,15H,3-5H2,1-2H3. The zero-order valence-electron chi connectivity index (χ0n) is 9.35. The third-order valence-corrected chi connectivity index (χ3v) is 3.10. The number of nitrogens with one attached hydrogen (secondary N) is 1. The van der Waals surface area contributed by atoms with Gasteiger partial charge in [0.2, 0.25) is 0 Å². The fourth-order valence-electron chi connectivity index (χ4n) is 2.16. The van der Waals surface area contributed by atoms with E-state index in [1.54, 1.807) is 12.5 Å². The summed E-state index contributed by atoms with van der Waals surface area (Å²) < 4.78 is 2.04. The molecule has 0 saturated carbocycles. The van der Waals surface area contributed by atoms with E-state index in [-0.39, 0.29) is 6.10 Å². The van der Waals surface area contributed by atoms with Crippen LogP contribution in [0.5, 0.6) is 0 Å². The molecule has 0 aromatic carbocycles. The lowest BCUT2D eigenvalue weighted by atomic mass is 9.99. The second-order valence-corrected chi connectivity index (χ2v) is 4.52. The monoisotopic (exact) mass is 209 g/mol. The van der Waals surface area contributed by atoms with Crippen LogP contribution < -0.4 is 5.32 Å². The molecule has 0 amide bonds. The summed E-state index contributed by atoms with van der Waals surface area (Å²) in [4.78, 5) is 4.12. The lowest BCUT2D eigenvalue weighted by Gasteiger charge is -2.20. The first kappa shape index (κ1) is 10.6. The van der Waals surface area contributed by atoms with Crippen molar-refractivity contribution in [3.8, 4) is 0 Å². The molecule has 1 saturated heterocycles. The first-order chi connectivity index (χ1) is 7.20. The summed E-state index contributed by atoms with van der Waals surface area (Å²) in [7, 11) is 0. The minimum absolute atomic E-state index is 0.333. The third-order valence-electron chi connectivity index (χ3n) is 3.10. The lowest BCUT2D eigenvalue weighted by molar-refractivity contribution is 0.109. The maximum absolute atomic E-state index is 10.2. The molecule has 1 aliphatic heterocycles. The molecular weight excluding hydrogens is 190 g/mol. The molecule has 0 aliphatic carbocycles. The first-order valence-electron chi connectivity index (χ1n) is 5.60.